The van der Waals surface area contributed by atoms with Gasteiger partial charge in [-0.15, -0.1) is 4.48 Å². The summed E-state index contributed by atoms with van der Waals surface area (Å²) in [5, 5.41) is 9.55. The number of quaternary nitrogens is 1. The van der Waals surface area contributed by atoms with Gasteiger partial charge in [0.2, 0.25) is 0 Å². The summed E-state index contributed by atoms with van der Waals surface area (Å²) in [6.45, 7) is 4.95. The maximum absolute atomic E-state index is 12.4. The second-order valence-electron chi connectivity index (χ2n) is 7.20. The fourth-order valence-electron chi connectivity index (χ4n) is 2.75. The predicted molar refractivity (Wildman–Crippen MR) is 88.9 cm³/mol. The number of ether oxygens (including phenoxy) is 2. The van der Waals surface area contributed by atoms with Crippen LogP contribution >= 0.6 is 0 Å². The number of amides is 2. The van der Waals surface area contributed by atoms with Gasteiger partial charge in [-0.25, -0.2) is 0 Å². The SMILES string of the molecule is CC(C)(C)OC(=O)[N+]1(C(=O)O)CC[C@@H](OC(=O)Cc2ccccc2)C1. The molecule has 2 rings (SSSR count). The monoisotopic (exact) mass is 350 g/mol. The molecular weight excluding hydrogens is 326 g/mol. The van der Waals surface area contributed by atoms with Gasteiger partial charge in [0.15, 0.2) is 6.10 Å². The molecule has 0 aromatic heterocycles. The third kappa shape index (κ3) is 4.79. The van der Waals surface area contributed by atoms with Crippen LogP contribution < -0.4 is 0 Å². The average molecular weight is 350 g/mol. The minimum Gasteiger partial charge on any atom is -0.456 e. The van der Waals surface area contributed by atoms with Gasteiger partial charge in [0.25, 0.3) is 0 Å². The number of benzene rings is 1. The van der Waals surface area contributed by atoms with Gasteiger partial charge in [0.1, 0.15) is 18.7 Å². The smallest absolute Gasteiger partial charge is 0.456 e. The Labute approximate surface area is 146 Å². The molecule has 7 nitrogen and oxygen atoms in total. The Hall–Kier alpha value is -2.41. The molecular formula is C18H24NO6+. The number of carboxylic acid groups (broad SMARTS) is 1. The van der Waals surface area contributed by atoms with Crippen LogP contribution in [0.2, 0.25) is 0 Å². The number of likely N-dealkylation sites (tertiary alicyclic amines) is 1. The normalized spacial score (nSPS) is 23.1. The standard InChI is InChI=1S/C18H23NO6/c1-18(2,3)25-17(23)19(16(21)22)10-9-14(12-19)24-15(20)11-13-7-5-4-6-8-13/h4-8,14H,9-12H2,1-3H3/p+1/t14-,19?/m1/s1. The lowest BCUT2D eigenvalue weighted by Crippen LogP contribution is -2.57. The summed E-state index contributed by atoms with van der Waals surface area (Å²) < 4.78 is 9.75. The van der Waals surface area contributed by atoms with Crippen LogP contribution in [0, 0.1) is 0 Å². The van der Waals surface area contributed by atoms with Crippen LogP contribution in [0.15, 0.2) is 30.3 Å². The van der Waals surface area contributed by atoms with E-state index in [0.29, 0.717) is 6.42 Å². The van der Waals surface area contributed by atoms with Crippen molar-refractivity contribution in [2.24, 2.45) is 0 Å². The second-order valence-corrected chi connectivity index (χ2v) is 7.20. The van der Waals surface area contributed by atoms with Crippen molar-refractivity contribution in [1.82, 2.24) is 0 Å². The molecule has 1 fully saturated rings. The van der Waals surface area contributed by atoms with Gasteiger partial charge >= 0.3 is 18.2 Å². The first kappa shape index (κ1) is 18.9. The van der Waals surface area contributed by atoms with E-state index >= 15 is 0 Å². The molecule has 25 heavy (non-hydrogen) atoms. The summed E-state index contributed by atoms with van der Waals surface area (Å²) in [5.41, 5.74) is 0.0245. The fraction of sp³-hybridized carbons (Fsp3) is 0.500. The van der Waals surface area contributed by atoms with E-state index in [4.69, 9.17) is 9.47 Å². The van der Waals surface area contributed by atoms with Gasteiger partial charge in [-0.3, -0.25) is 4.79 Å². The molecule has 0 saturated carbocycles. The van der Waals surface area contributed by atoms with Gasteiger partial charge in [-0.2, -0.15) is 9.59 Å². The molecule has 136 valence electrons. The highest BCUT2D eigenvalue weighted by molar-refractivity contribution is 5.76. The third-order valence-corrected chi connectivity index (χ3v) is 3.95. The van der Waals surface area contributed by atoms with E-state index in [2.05, 4.69) is 0 Å². The van der Waals surface area contributed by atoms with Gasteiger partial charge < -0.3 is 14.6 Å². The maximum atomic E-state index is 12.4. The quantitative estimate of drug-likeness (QED) is 0.666. The zero-order valence-electron chi connectivity index (χ0n) is 14.7. The Morgan fingerprint density at radius 1 is 1.20 bits per heavy atom. The molecule has 1 unspecified atom stereocenters. The van der Waals surface area contributed by atoms with E-state index in [1.165, 1.54) is 0 Å². The summed E-state index contributed by atoms with van der Waals surface area (Å²) in [5.74, 6) is -0.439. The zero-order chi connectivity index (χ0) is 18.7. The first-order valence-electron chi connectivity index (χ1n) is 8.20. The number of hydrogen-bond acceptors (Lipinski definition) is 5. The van der Waals surface area contributed by atoms with E-state index in [1.54, 1.807) is 20.8 Å². The van der Waals surface area contributed by atoms with Crippen molar-refractivity contribution in [1.29, 1.82) is 0 Å². The van der Waals surface area contributed by atoms with Gasteiger partial charge in [0, 0.05) is 6.42 Å². The number of nitrogens with zero attached hydrogens (tertiary/aromatic N) is 1. The van der Waals surface area contributed by atoms with E-state index < -0.39 is 34.3 Å². The van der Waals surface area contributed by atoms with Crippen molar-refractivity contribution in [2.45, 2.75) is 45.3 Å². The van der Waals surface area contributed by atoms with Crippen LogP contribution in [0.25, 0.3) is 0 Å². The highest BCUT2D eigenvalue weighted by atomic mass is 16.6. The van der Waals surface area contributed by atoms with E-state index in [-0.39, 0.29) is 19.5 Å². The van der Waals surface area contributed by atoms with Crippen LogP contribution in [0.5, 0.6) is 0 Å². The van der Waals surface area contributed by atoms with E-state index in [1.807, 2.05) is 30.3 Å². The number of rotatable bonds is 3. The van der Waals surface area contributed by atoms with Gasteiger partial charge in [-0.05, 0) is 26.3 Å². The fourth-order valence-corrected chi connectivity index (χ4v) is 2.75. The highest BCUT2D eigenvalue weighted by Crippen LogP contribution is 2.26. The molecule has 2 atom stereocenters. The Kier molecular flexibility index (Phi) is 5.47. The molecule has 1 aliphatic rings. The van der Waals surface area contributed by atoms with Crippen molar-refractivity contribution in [3.8, 4) is 0 Å². The topological polar surface area (TPSA) is 89.9 Å². The molecule has 1 heterocycles. The Morgan fingerprint density at radius 2 is 1.84 bits per heavy atom. The zero-order valence-corrected chi connectivity index (χ0v) is 14.7. The third-order valence-electron chi connectivity index (χ3n) is 3.95. The van der Waals surface area contributed by atoms with Gasteiger partial charge in [-0.1, -0.05) is 30.3 Å². The maximum Gasteiger partial charge on any atom is 0.527 e. The first-order valence-corrected chi connectivity index (χ1v) is 8.20. The van der Waals surface area contributed by atoms with Crippen molar-refractivity contribution >= 4 is 18.2 Å². The van der Waals surface area contributed by atoms with Crippen molar-refractivity contribution in [3.05, 3.63) is 35.9 Å². The highest BCUT2D eigenvalue weighted by Gasteiger charge is 2.55. The minimum absolute atomic E-state index is 0.0352. The summed E-state index contributed by atoms with van der Waals surface area (Å²) in [4.78, 5) is 36.1. The van der Waals surface area contributed by atoms with Crippen LogP contribution in [-0.4, -0.2) is 52.5 Å². The largest absolute Gasteiger partial charge is 0.527 e. The Bertz CT molecular complexity index is 651. The molecule has 0 radical (unpaired) electrons. The second kappa shape index (κ2) is 7.23. The summed E-state index contributed by atoms with van der Waals surface area (Å²) >= 11 is 0. The minimum atomic E-state index is -1.30. The molecule has 7 heteroatoms. The number of carbonyl (C=O) groups is 3. The summed E-state index contributed by atoms with van der Waals surface area (Å²) in [7, 11) is 0. The lowest BCUT2D eigenvalue weighted by molar-refractivity contribution is -0.774. The van der Waals surface area contributed by atoms with Crippen LogP contribution in [0.1, 0.15) is 32.8 Å². The lowest BCUT2D eigenvalue weighted by Gasteiger charge is -2.28. The average Bonchev–Trinajstić information content (AvgIpc) is 2.91. The van der Waals surface area contributed by atoms with Crippen LogP contribution in [0.3, 0.4) is 0 Å². The molecule has 1 aromatic rings. The van der Waals surface area contributed by atoms with Crippen molar-refractivity contribution < 1.29 is 33.4 Å². The van der Waals surface area contributed by atoms with Crippen molar-refractivity contribution in [2.75, 3.05) is 13.1 Å². The molecule has 0 bridgehead atoms. The van der Waals surface area contributed by atoms with E-state index in [9.17, 15) is 19.5 Å². The van der Waals surface area contributed by atoms with E-state index in [0.717, 1.165) is 5.56 Å². The predicted octanol–water partition coefficient (Wildman–Crippen LogP) is 2.97. The van der Waals surface area contributed by atoms with Gasteiger partial charge in [0.05, 0.1) is 6.42 Å². The first-order chi connectivity index (χ1) is 11.6. The number of carbonyl (C=O) groups excluding carboxylic acids is 2. The molecule has 0 spiro atoms. The summed E-state index contributed by atoms with van der Waals surface area (Å²) in [6, 6.07) is 9.13. The molecule has 2 amide bonds. The molecule has 0 aliphatic carbocycles. The molecule has 1 aliphatic heterocycles. The van der Waals surface area contributed by atoms with Crippen LogP contribution in [-0.2, 0) is 20.7 Å². The molecule has 1 N–H and O–H groups in total. The number of esters is 1. The molecule has 1 aromatic carbocycles. The summed E-state index contributed by atoms with van der Waals surface area (Å²) in [6.07, 6.45) is -2.35. The number of imide groups is 1. The van der Waals surface area contributed by atoms with Crippen LogP contribution in [0.4, 0.5) is 9.59 Å². The Morgan fingerprint density at radius 3 is 2.40 bits per heavy atom. The van der Waals surface area contributed by atoms with Crippen molar-refractivity contribution in [3.63, 3.8) is 0 Å². The lowest BCUT2D eigenvalue weighted by atomic mass is 10.1. The Balaban J connectivity index is 2.00. The molecule has 1 saturated heterocycles. The number of hydrogen-bond donors (Lipinski definition) is 1.